The molecule has 1 aromatic rings. The molecule has 0 aromatic heterocycles. The van der Waals surface area contributed by atoms with E-state index in [0.717, 1.165) is 0 Å². The number of rotatable bonds is 8. The Morgan fingerprint density at radius 3 is 2.27 bits per heavy atom. The Morgan fingerprint density at radius 1 is 1.14 bits per heavy atom. The normalized spacial score (nSPS) is 11.4. The molecule has 1 unspecified atom stereocenters. The van der Waals surface area contributed by atoms with E-state index in [1.165, 1.54) is 32.4 Å². The van der Waals surface area contributed by atoms with E-state index in [2.05, 4.69) is 5.32 Å². The van der Waals surface area contributed by atoms with Gasteiger partial charge in [0.1, 0.15) is 6.04 Å². The summed E-state index contributed by atoms with van der Waals surface area (Å²) in [5, 5.41) is 19.9. The number of ether oxygens (including phenoxy) is 2. The Balaban J connectivity index is 2.85. The summed E-state index contributed by atoms with van der Waals surface area (Å²) in [6.07, 6.45) is -0.563. The predicted molar refractivity (Wildman–Crippen MR) is 75.3 cm³/mol. The van der Waals surface area contributed by atoms with Crippen LogP contribution in [0.2, 0.25) is 0 Å². The zero-order chi connectivity index (χ0) is 16.7. The summed E-state index contributed by atoms with van der Waals surface area (Å²) in [5.41, 5.74) is 0.180. The molecule has 120 valence electrons. The van der Waals surface area contributed by atoms with Gasteiger partial charge in [-0.2, -0.15) is 0 Å². The number of nitrogens with one attached hydrogen (secondary N) is 1. The minimum atomic E-state index is -1.30. The standard InChI is InChI=1S/C14H17NO7/c1-21-10-5-3-8(7-11(10)22-2)13(18)15-9(14(19)20)4-6-12(16)17/h3,5,7,9H,4,6H2,1-2H3,(H,15,18)(H,16,17)(H,19,20). The van der Waals surface area contributed by atoms with E-state index in [-0.39, 0.29) is 18.4 Å². The molecule has 0 aliphatic rings. The third-order valence-electron chi connectivity index (χ3n) is 2.90. The van der Waals surface area contributed by atoms with Crippen LogP contribution in [-0.2, 0) is 9.59 Å². The van der Waals surface area contributed by atoms with Crippen molar-refractivity contribution >= 4 is 17.8 Å². The van der Waals surface area contributed by atoms with Gasteiger partial charge in [-0.3, -0.25) is 9.59 Å². The van der Waals surface area contributed by atoms with Gasteiger partial charge >= 0.3 is 11.9 Å². The van der Waals surface area contributed by atoms with Gasteiger partial charge in [0.05, 0.1) is 14.2 Å². The monoisotopic (exact) mass is 311 g/mol. The third-order valence-corrected chi connectivity index (χ3v) is 2.90. The number of benzene rings is 1. The third kappa shape index (κ3) is 4.65. The van der Waals surface area contributed by atoms with Crippen molar-refractivity contribution in [2.24, 2.45) is 0 Å². The molecule has 0 saturated heterocycles. The maximum Gasteiger partial charge on any atom is 0.326 e. The lowest BCUT2D eigenvalue weighted by Crippen LogP contribution is -2.41. The number of carboxylic acid groups (broad SMARTS) is 2. The van der Waals surface area contributed by atoms with Gasteiger partial charge in [-0.05, 0) is 24.6 Å². The molecular formula is C14H17NO7. The van der Waals surface area contributed by atoms with Crippen LogP contribution in [0.5, 0.6) is 11.5 Å². The van der Waals surface area contributed by atoms with Crippen LogP contribution in [0.4, 0.5) is 0 Å². The maximum absolute atomic E-state index is 12.1. The van der Waals surface area contributed by atoms with Gasteiger partial charge in [0, 0.05) is 12.0 Å². The van der Waals surface area contributed by atoms with Crippen molar-refractivity contribution in [3.63, 3.8) is 0 Å². The van der Waals surface area contributed by atoms with Gasteiger partial charge in [-0.1, -0.05) is 0 Å². The minimum absolute atomic E-state index is 0.180. The van der Waals surface area contributed by atoms with Crippen LogP contribution >= 0.6 is 0 Å². The Bertz CT molecular complexity index is 570. The van der Waals surface area contributed by atoms with Gasteiger partial charge in [-0.25, -0.2) is 4.79 Å². The van der Waals surface area contributed by atoms with Crippen molar-refractivity contribution in [2.45, 2.75) is 18.9 Å². The first-order valence-corrected chi connectivity index (χ1v) is 6.36. The number of carbonyl (C=O) groups is 3. The molecule has 3 N–H and O–H groups in total. The van der Waals surface area contributed by atoms with E-state index >= 15 is 0 Å². The van der Waals surface area contributed by atoms with Crippen LogP contribution in [0.15, 0.2) is 18.2 Å². The van der Waals surface area contributed by atoms with Crippen molar-refractivity contribution in [1.29, 1.82) is 0 Å². The highest BCUT2D eigenvalue weighted by molar-refractivity contribution is 5.97. The summed E-state index contributed by atoms with van der Waals surface area (Å²) >= 11 is 0. The van der Waals surface area contributed by atoms with Crippen LogP contribution < -0.4 is 14.8 Å². The number of carboxylic acids is 2. The molecule has 8 heteroatoms. The molecular weight excluding hydrogens is 294 g/mol. The quantitative estimate of drug-likeness (QED) is 0.647. The average Bonchev–Trinajstić information content (AvgIpc) is 2.49. The van der Waals surface area contributed by atoms with Crippen molar-refractivity contribution in [3.05, 3.63) is 23.8 Å². The molecule has 0 heterocycles. The number of hydrogen-bond donors (Lipinski definition) is 3. The van der Waals surface area contributed by atoms with Crippen LogP contribution in [0.25, 0.3) is 0 Å². The molecule has 0 saturated carbocycles. The fourth-order valence-electron chi connectivity index (χ4n) is 1.74. The molecule has 1 rings (SSSR count). The molecule has 8 nitrogen and oxygen atoms in total. The SMILES string of the molecule is COc1ccc(C(=O)NC(CCC(=O)O)C(=O)O)cc1OC. The molecule has 0 aliphatic carbocycles. The topological polar surface area (TPSA) is 122 Å². The first kappa shape index (κ1) is 17.3. The highest BCUT2D eigenvalue weighted by Gasteiger charge is 2.22. The van der Waals surface area contributed by atoms with Gasteiger partial charge in [0.2, 0.25) is 0 Å². The molecule has 0 spiro atoms. The van der Waals surface area contributed by atoms with E-state index in [1.54, 1.807) is 0 Å². The lowest BCUT2D eigenvalue weighted by molar-refractivity contribution is -0.140. The molecule has 22 heavy (non-hydrogen) atoms. The van der Waals surface area contributed by atoms with Crippen LogP contribution in [0, 0.1) is 0 Å². The smallest absolute Gasteiger partial charge is 0.326 e. The molecule has 0 radical (unpaired) electrons. The number of hydrogen-bond acceptors (Lipinski definition) is 5. The lowest BCUT2D eigenvalue weighted by atomic mass is 10.1. The largest absolute Gasteiger partial charge is 0.493 e. The summed E-state index contributed by atoms with van der Waals surface area (Å²) in [7, 11) is 2.86. The van der Waals surface area contributed by atoms with Crippen LogP contribution in [0.1, 0.15) is 23.2 Å². The Morgan fingerprint density at radius 2 is 1.77 bits per heavy atom. The van der Waals surface area contributed by atoms with Crippen molar-refractivity contribution in [1.82, 2.24) is 5.32 Å². The average molecular weight is 311 g/mol. The number of carbonyl (C=O) groups excluding carboxylic acids is 1. The van der Waals surface area contributed by atoms with E-state index in [0.29, 0.717) is 11.5 Å². The summed E-state index contributed by atoms with van der Waals surface area (Å²) in [5.74, 6) is -2.31. The highest BCUT2D eigenvalue weighted by Crippen LogP contribution is 2.27. The second kappa shape index (κ2) is 7.87. The predicted octanol–water partition coefficient (Wildman–Crippen LogP) is 0.752. The molecule has 0 fully saturated rings. The highest BCUT2D eigenvalue weighted by atomic mass is 16.5. The second-order valence-corrected chi connectivity index (χ2v) is 4.37. The fraction of sp³-hybridized carbons (Fsp3) is 0.357. The van der Waals surface area contributed by atoms with E-state index in [1.807, 2.05) is 0 Å². The van der Waals surface area contributed by atoms with Crippen molar-refractivity contribution in [2.75, 3.05) is 14.2 Å². The lowest BCUT2D eigenvalue weighted by Gasteiger charge is -2.14. The zero-order valence-corrected chi connectivity index (χ0v) is 12.2. The first-order chi connectivity index (χ1) is 10.4. The number of amides is 1. The molecule has 1 atom stereocenters. The van der Waals surface area contributed by atoms with E-state index in [4.69, 9.17) is 19.7 Å². The molecule has 1 aromatic carbocycles. The first-order valence-electron chi connectivity index (χ1n) is 6.36. The number of methoxy groups -OCH3 is 2. The van der Waals surface area contributed by atoms with Crippen molar-refractivity contribution in [3.8, 4) is 11.5 Å². The Labute approximate surface area is 126 Å². The van der Waals surface area contributed by atoms with Gasteiger partial charge in [0.15, 0.2) is 11.5 Å². The summed E-state index contributed by atoms with van der Waals surface area (Å²) in [6, 6.07) is 3.09. The summed E-state index contributed by atoms with van der Waals surface area (Å²) in [6.45, 7) is 0. The fourth-order valence-corrected chi connectivity index (χ4v) is 1.74. The summed E-state index contributed by atoms with van der Waals surface area (Å²) in [4.78, 5) is 33.6. The van der Waals surface area contributed by atoms with Gasteiger partial charge in [-0.15, -0.1) is 0 Å². The maximum atomic E-state index is 12.1. The van der Waals surface area contributed by atoms with Crippen LogP contribution in [0.3, 0.4) is 0 Å². The van der Waals surface area contributed by atoms with E-state index < -0.39 is 23.9 Å². The Kier molecular flexibility index (Phi) is 6.18. The minimum Gasteiger partial charge on any atom is -0.493 e. The molecule has 1 amide bonds. The van der Waals surface area contributed by atoms with Gasteiger partial charge in [0.25, 0.3) is 5.91 Å². The second-order valence-electron chi connectivity index (χ2n) is 4.37. The molecule has 0 aliphatic heterocycles. The summed E-state index contributed by atoms with van der Waals surface area (Å²) < 4.78 is 10.1. The number of aliphatic carboxylic acids is 2. The molecule has 0 bridgehead atoms. The van der Waals surface area contributed by atoms with E-state index in [9.17, 15) is 14.4 Å². The Hall–Kier alpha value is -2.77. The zero-order valence-electron chi connectivity index (χ0n) is 12.2. The van der Waals surface area contributed by atoms with Crippen LogP contribution in [-0.4, -0.2) is 48.3 Å². The van der Waals surface area contributed by atoms with Gasteiger partial charge < -0.3 is 25.0 Å². The van der Waals surface area contributed by atoms with Crippen molar-refractivity contribution < 1.29 is 34.1 Å².